The molecule has 0 fully saturated rings. The van der Waals surface area contributed by atoms with Crippen molar-refractivity contribution in [2.24, 2.45) is 0 Å². The lowest BCUT2D eigenvalue weighted by Crippen LogP contribution is -2.22. The van der Waals surface area contributed by atoms with Crippen LogP contribution in [0, 0.1) is 0 Å². The number of nitrogens with one attached hydrogen (secondary N) is 1. The maximum atomic E-state index is 12.2. The molecule has 0 saturated heterocycles. The van der Waals surface area contributed by atoms with Gasteiger partial charge in [0.15, 0.2) is 0 Å². The van der Waals surface area contributed by atoms with Crippen LogP contribution in [0.5, 0.6) is 0 Å². The van der Waals surface area contributed by atoms with Crippen LogP contribution in [0.2, 0.25) is 0 Å². The highest BCUT2D eigenvalue weighted by molar-refractivity contribution is 7.89. The second-order valence-corrected chi connectivity index (χ2v) is 9.10. The molecule has 1 N–H and O–H groups in total. The number of hydrogen-bond donors (Lipinski definition) is 1. The fourth-order valence-electron chi connectivity index (χ4n) is 2.93. The number of aromatic nitrogens is 3. The Labute approximate surface area is 170 Å². The highest BCUT2D eigenvalue weighted by Gasteiger charge is 2.18. The maximum absolute atomic E-state index is 12.2. The molecular weight excluding hydrogens is 390 g/mol. The van der Waals surface area contributed by atoms with E-state index in [1.807, 2.05) is 24.3 Å². The Hall–Kier alpha value is -2.78. The monoisotopic (exact) mass is 415 g/mol. The van der Waals surface area contributed by atoms with Crippen molar-refractivity contribution >= 4 is 32.7 Å². The first-order chi connectivity index (χ1) is 13.8. The number of amides is 1. The highest BCUT2D eigenvalue weighted by Crippen LogP contribution is 2.19. The van der Waals surface area contributed by atoms with E-state index >= 15 is 0 Å². The number of rotatable bonds is 8. The Kier molecular flexibility index (Phi) is 6.29. The molecule has 9 heteroatoms. The minimum atomic E-state index is -3.52. The van der Waals surface area contributed by atoms with Gasteiger partial charge in [-0.15, -0.1) is 5.10 Å². The number of fused-ring (bicyclic) bond motifs is 1. The second kappa shape index (κ2) is 8.71. The molecule has 154 valence electrons. The number of anilines is 1. The van der Waals surface area contributed by atoms with E-state index in [0.717, 1.165) is 21.9 Å². The van der Waals surface area contributed by atoms with Crippen LogP contribution in [-0.2, 0) is 27.8 Å². The molecular formula is C20H25N5O3S. The zero-order valence-corrected chi connectivity index (χ0v) is 17.6. The summed E-state index contributed by atoms with van der Waals surface area (Å²) in [5, 5.41) is 11.0. The van der Waals surface area contributed by atoms with Crippen LogP contribution in [0.15, 0.2) is 47.4 Å². The van der Waals surface area contributed by atoms with Gasteiger partial charge in [-0.2, -0.15) is 0 Å². The first-order valence-electron chi connectivity index (χ1n) is 9.46. The van der Waals surface area contributed by atoms with E-state index in [1.54, 1.807) is 16.8 Å². The quantitative estimate of drug-likeness (QED) is 0.610. The van der Waals surface area contributed by atoms with Gasteiger partial charge in [0.25, 0.3) is 0 Å². The summed E-state index contributed by atoms with van der Waals surface area (Å²) in [5.74, 6) is -0.0574. The minimum absolute atomic E-state index is 0.0574. The lowest BCUT2D eigenvalue weighted by Gasteiger charge is -2.11. The van der Waals surface area contributed by atoms with Crippen molar-refractivity contribution < 1.29 is 13.2 Å². The van der Waals surface area contributed by atoms with Crippen molar-refractivity contribution in [1.29, 1.82) is 0 Å². The van der Waals surface area contributed by atoms with E-state index in [-0.39, 0.29) is 10.8 Å². The predicted molar refractivity (Wildman–Crippen MR) is 112 cm³/mol. The van der Waals surface area contributed by atoms with E-state index in [1.165, 1.54) is 25.7 Å². The number of benzene rings is 2. The Morgan fingerprint density at radius 1 is 1.14 bits per heavy atom. The summed E-state index contributed by atoms with van der Waals surface area (Å²) in [6.45, 7) is 2.60. The zero-order valence-electron chi connectivity index (χ0n) is 16.8. The first kappa shape index (κ1) is 20.9. The van der Waals surface area contributed by atoms with Crippen molar-refractivity contribution in [3.05, 3.63) is 48.0 Å². The number of carbonyl (C=O) groups excluding carboxylic acids is 1. The van der Waals surface area contributed by atoms with Gasteiger partial charge in [0.05, 0.1) is 10.4 Å². The van der Waals surface area contributed by atoms with Gasteiger partial charge in [0, 0.05) is 32.7 Å². The normalized spacial score (nSPS) is 11.9. The Bertz CT molecular complexity index is 1100. The van der Waals surface area contributed by atoms with Crippen LogP contribution in [0.3, 0.4) is 0 Å². The molecule has 29 heavy (non-hydrogen) atoms. The fraction of sp³-hybridized carbons (Fsp3) is 0.350. The van der Waals surface area contributed by atoms with Crippen molar-refractivity contribution in [2.75, 3.05) is 19.4 Å². The molecule has 2 aromatic carbocycles. The Balaban J connectivity index is 1.60. The van der Waals surface area contributed by atoms with Crippen LogP contribution < -0.4 is 5.32 Å². The van der Waals surface area contributed by atoms with Gasteiger partial charge in [-0.05, 0) is 48.7 Å². The lowest BCUT2D eigenvalue weighted by atomic mass is 10.1. The largest absolute Gasteiger partial charge is 0.326 e. The summed E-state index contributed by atoms with van der Waals surface area (Å²) in [4.78, 5) is 12.3. The van der Waals surface area contributed by atoms with Crippen molar-refractivity contribution in [1.82, 2.24) is 19.3 Å². The Morgan fingerprint density at radius 3 is 2.52 bits per heavy atom. The molecule has 0 aliphatic rings. The third-order valence-corrected chi connectivity index (χ3v) is 6.49. The molecule has 3 rings (SSSR count). The molecule has 1 aromatic heterocycles. The van der Waals surface area contributed by atoms with Crippen LogP contribution in [0.25, 0.3) is 11.0 Å². The van der Waals surface area contributed by atoms with Gasteiger partial charge >= 0.3 is 0 Å². The predicted octanol–water partition coefficient (Wildman–Crippen LogP) is 2.66. The van der Waals surface area contributed by atoms with Crippen molar-refractivity contribution in [3.63, 3.8) is 0 Å². The van der Waals surface area contributed by atoms with Crippen LogP contribution >= 0.6 is 0 Å². The standard InChI is InChI=1S/C20H25N5O3S/c1-4-15-7-9-16(10-8-15)21-20(26)6-5-13-25-19-12-11-17(14-18(19)22-23-25)29(27,28)24(2)3/h7-12,14H,4-6,13H2,1-3H3,(H,21,26). The number of hydrogen-bond acceptors (Lipinski definition) is 5. The third-order valence-electron chi connectivity index (χ3n) is 4.68. The molecule has 0 radical (unpaired) electrons. The van der Waals surface area contributed by atoms with Gasteiger partial charge in [0.1, 0.15) is 5.52 Å². The summed E-state index contributed by atoms with van der Waals surface area (Å²) in [6.07, 6.45) is 1.90. The van der Waals surface area contributed by atoms with Gasteiger partial charge in [-0.1, -0.05) is 24.3 Å². The SMILES string of the molecule is CCc1ccc(NC(=O)CCCn2nnc3cc(S(=O)(=O)N(C)C)ccc32)cc1. The molecule has 0 unspecified atom stereocenters. The van der Waals surface area contributed by atoms with Crippen LogP contribution in [0.4, 0.5) is 5.69 Å². The molecule has 8 nitrogen and oxygen atoms in total. The molecule has 0 aliphatic heterocycles. The second-order valence-electron chi connectivity index (χ2n) is 6.95. The summed E-state index contributed by atoms with van der Waals surface area (Å²) in [5.41, 5.74) is 3.25. The summed E-state index contributed by atoms with van der Waals surface area (Å²) in [6, 6.07) is 12.6. The summed E-state index contributed by atoms with van der Waals surface area (Å²) in [7, 11) is -0.547. The third kappa shape index (κ3) is 4.80. The number of carbonyl (C=O) groups is 1. The van der Waals surface area contributed by atoms with Gasteiger partial charge < -0.3 is 5.32 Å². The van der Waals surface area contributed by atoms with E-state index < -0.39 is 10.0 Å². The molecule has 3 aromatic rings. The topological polar surface area (TPSA) is 97.2 Å². The fourth-order valence-corrected chi connectivity index (χ4v) is 3.85. The number of sulfonamides is 1. The molecule has 1 heterocycles. The maximum Gasteiger partial charge on any atom is 0.242 e. The molecule has 0 spiro atoms. The zero-order chi connectivity index (χ0) is 21.0. The summed E-state index contributed by atoms with van der Waals surface area (Å²) < 4.78 is 27.3. The number of aryl methyl sites for hydroxylation is 2. The average Bonchev–Trinajstić information content (AvgIpc) is 3.11. The van der Waals surface area contributed by atoms with E-state index in [0.29, 0.717) is 24.9 Å². The summed E-state index contributed by atoms with van der Waals surface area (Å²) >= 11 is 0. The smallest absolute Gasteiger partial charge is 0.242 e. The average molecular weight is 416 g/mol. The van der Waals surface area contributed by atoms with Crippen molar-refractivity contribution in [3.8, 4) is 0 Å². The van der Waals surface area contributed by atoms with Crippen molar-refractivity contribution in [2.45, 2.75) is 37.6 Å². The molecule has 0 bridgehead atoms. The van der Waals surface area contributed by atoms with Gasteiger partial charge in [0.2, 0.25) is 15.9 Å². The Morgan fingerprint density at radius 2 is 1.86 bits per heavy atom. The van der Waals surface area contributed by atoms with Gasteiger partial charge in [-0.3, -0.25) is 4.79 Å². The van der Waals surface area contributed by atoms with Gasteiger partial charge in [-0.25, -0.2) is 17.4 Å². The van der Waals surface area contributed by atoms with E-state index in [2.05, 4.69) is 22.6 Å². The molecule has 0 aliphatic carbocycles. The highest BCUT2D eigenvalue weighted by atomic mass is 32.2. The number of nitrogens with zero attached hydrogens (tertiary/aromatic N) is 4. The lowest BCUT2D eigenvalue weighted by molar-refractivity contribution is -0.116. The first-order valence-corrected chi connectivity index (χ1v) is 10.9. The minimum Gasteiger partial charge on any atom is -0.326 e. The van der Waals surface area contributed by atoms with E-state index in [9.17, 15) is 13.2 Å². The molecule has 0 atom stereocenters. The van der Waals surface area contributed by atoms with Crippen LogP contribution in [-0.4, -0.2) is 47.7 Å². The molecule has 1 amide bonds. The van der Waals surface area contributed by atoms with Crippen LogP contribution in [0.1, 0.15) is 25.3 Å². The van der Waals surface area contributed by atoms with E-state index in [4.69, 9.17) is 0 Å². The molecule has 0 saturated carbocycles.